The Hall–Kier alpha value is -2.99. The van der Waals surface area contributed by atoms with Crippen LogP contribution in [0, 0.1) is 5.92 Å². The summed E-state index contributed by atoms with van der Waals surface area (Å²) in [7, 11) is 0. The second-order valence-corrected chi connectivity index (χ2v) is 8.88. The third-order valence-electron chi connectivity index (χ3n) is 5.74. The van der Waals surface area contributed by atoms with Crippen molar-refractivity contribution in [3.8, 4) is 11.5 Å². The summed E-state index contributed by atoms with van der Waals surface area (Å²) in [5.41, 5.74) is 9.73. The molecule has 2 N–H and O–H groups in total. The third kappa shape index (κ3) is 4.07. The predicted molar refractivity (Wildman–Crippen MR) is 125 cm³/mol. The lowest BCUT2D eigenvalue weighted by molar-refractivity contribution is -0.117. The van der Waals surface area contributed by atoms with E-state index in [0.29, 0.717) is 23.1 Å². The highest BCUT2D eigenvalue weighted by Crippen LogP contribution is 2.38. The minimum atomic E-state index is -0.395. The number of ether oxygens (including phenoxy) is 2. The molecule has 1 amide bonds. The number of hydrogen-bond donors (Lipinski definition) is 1. The standard InChI is InChI=1S/C25H27ClN2O4/c1-4-5-19-24(25(30)14(2)3)17-7-6-15(9-23(27)29)8-20(17)28(19)12-16-10-21-22(11-18(16)26)32-13-31-21/h6-8,10-11,14H,4-5,9,12-13H2,1-3H3,(H2,27,29). The van der Waals surface area contributed by atoms with Crippen LogP contribution in [-0.2, 0) is 24.2 Å². The maximum absolute atomic E-state index is 13.3. The van der Waals surface area contributed by atoms with E-state index in [1.807, 2.05) is 38.1 Å². The maximum Gasteiger partial charge on any atom is 0.231 e. The van der Waals surface area contributed by atoms with Gasteiger partial charge in [-0.2, -0.15) is 0 Å². The molecule has 6 nitrogen and oxygen atoms in total. The van der Waals surface area contributed by atoms with Crippen molar-refractivity contribution in [3.05, 3.63) is 57.7 Å². The van der Waals surface area contributed by atoms with Gasteiger partial charge in [-0.1, -0.05) is 50.9 Å². The first-order chi connectivity index (χ1) is 15.3. The van der Waals surface area contributed by atoms with Crippen LogP contribution in [0.2, 0.25) is 5.02 Å². The number of hydrogen-bond acceptors (Lipinski definition) is 4. The number of Topliss-reactive ketones (excluding diaryl/α,β-unsaturated/α-hetero) is 1. The first kappa shape index (κ1) is 22.2. The largest absolute Gasteiger partial charge is 0.454 e. The summed E-state index contributed by atoms with van der Waals surface area (Å²) in [5, 5.41) is 1.46. The number of benzene rings is 2. The van der Waals surface area contributed by atoms with E-state index >= 15 is 0 Å². The van der Waals surface area contributed by atoms with Crippen LogP contribution in [-0.4, -0.2) is 23.1 Å². The molecule has 0 saturated carbocycles. The van der Waals surface area contributed by atoms with Gasteiger partial charge in [0, 0.05) is 45.7 Å². The first-order valence-electron chi connectivity index (χ1n) is 10.8. The van der Waals surface area contributed by atoms with Crippen LogP contribution in [0.5, 0.6) is 11.5 Å². The van der Waals surface area contributed by atoms with E-state index in [-0.39, 0.29) is 24.9 Å². The Morgan fingerprint density at radius 1 is 1.16 bits per heavy atom. The molecule has 32 heavy (non-hydrogen) atoms. The number of nitrogens with two attached hydrogens (primary N) is 1. The Labute approximate surface area is 192 Å². The molecule has 0 spiro atoms. The molecule has 2 aromatic carbocycles. The zero-order chi connectivity index (χ0) is 23.0. The minimum absolute atomic E-state index is 0.108. The topological polar surface area (TPSA) is 83.6 Å². The Balaban J connectivity index is 1.93. The molecule has 3 aromatic rings. The highest BCUT2D eigenvalue weighted by atomic mass is 35.5. The van der Waals surface area contributed by atoms with Crippen molar-refractivity contribution in [2.75, 3.05) is 6.79 Å². The van der Waals surface area contributed by atoms with Crippen LogP contribution in [0.1, 0.15) is 54.4 Å². The number of carbonyl (C=O) groups is 2. The highest BCUT2D eigenvalue weighted by Gasteiger charge is 2.25. The normalized spacial score (nSPS) is 12.7. The molecular formula is C25H27ClN2O4. The zero-order valence-electron chi connectivity index (χ0n) is 18.5. The average molecular weight is 455 g/mol. The number of nitrogens with zero attached hydrogens (tertiary/aromatic N) is 1. The van der Waals surface area contributed by atoms with Gasteiger partial charge in [-0.3, -0.25) is 9.59 Å². The smallest absolute Gasteiger partial charge is 0.231 e. The lowest BCUT2D eigenvalue weighted by Gasteiger charge is -2.14. The van der Waals surface area contributed by atoms with Crippen LogP contribution in [0.3, 0.4) is 0 Å². The summed E-state index contributed by atoms with van der Waals surface area (Å²) in [6.07, 6.45) is 1.77. The van der Waals surface area contributed by atoms with Crippen LogP contribution < -0.4 is 15.2 Å². The number of rotatable bonds is 8. The van der Waals surface area contributed by atoms with E-state index in [4.69, 9.17) is 26.8 Å². The fourth-order valence-corrected chi connectivity index (χ4v) is 4.46. The van der Waals surface area contributed by atoms with Crippen molar-refractivity contribution in [3.63, 3.8) is 0 Å². The van der Waals surface area contributed by atoms with Crippen molar-refractivity contribution in [1.82, 2.24) is 4.57 Å². The van der Waals surface area contributed by atoms with Crippen molar-refractivity contribution in [1.29, 1.82) is 0 Å². The van der Waals surface area contributed by atoms with E-state index in [9.17, 15) is 9.59 Å². The monoisotopic (exact) mass is 454 g/mol. The Kier molecular flexibility index (Phi) is 6.15. The van der Waals surface area contributed by atoms with Crippen molar-refractivity contribution < 1.29 is 19.1 Å². The number of primary amides is 1. The van der Waals surface area contributed by atoms with Gasteiger partial charge in [-0.05, 0) is 29.7 Å². The lowest BCUT2D eigenvalue weighted by atomic mass is 9.96. The number of aromatic nitrogens is 1. The fourth-order valence-electron chi connectivity index (χ4n) is 4.25. The van der Waals surface area contributed by atoms with Crippen molar-refractivity contribution in [2.24, 2.45) is 11.7 Å². The number of fused-ring (bicyclic) bond motifs is 2. The number of amides is 1. The summed E-state index contributed by atoms with van der Waals surface area (Å²) in [6.45, 7) is 6.56. The van der Waals surface area contributed by atoms with Gasteiger partial charge < -0.3 is 19.8 Å². The molecule has 0 radical (unpaired) electrons. The molecule has 2 heterocycles. The first-order valence-corrected chi connectivity index (χ1v) is 11.2. The Morgan fingerprint density at radius 2 is 1.88 bits per heavy atom. The summed E-state index contributed by atoms with van der Waals surface area (Å²) in [6, 6.07) is 9.42. The van der Waals surface area contributed by atoms with Crippen LogP contribution in [0.25, 0.3) is 10.9 Å². The van der Waals surface area contributed by atoms with Gasteiger partial charge in [0.25, 0.3) is 0 Å². The van der Waals surface area contributed by atoms with Crippen LogP contribution >= 0.6 is 11.6 Å². The SMILES string of the molecule is CCCc1c(C(=O)C(C)C)c2ccc(CC(N)=O)cc2n1Cc1cc2c(cc1Cl)OCO2. The zero-order valence-corrected chi connectivity index (χ0v) is 19.3. The fraction of sp³-hybridized carbons (Fsp3) is 0.360. The van der Waals surface area contributed by atoms with Gasteiger partial charge in [0.1, 0.15) is 0 Å². The molecule has 4 rings (SSSR count). The van der Waals surface area contributed by atoms with Gasteiger partial charge in [0.15, 0.2) is 17.3 Å². The Morgan fingerprint density at radius 3 is 2.53 bits per heavy atom. The highest BCUT2D eigenvalue weighted by molar-refractivity contribution is 6.31. The number of carbonyl (C=O) groups excluding carboxylic acids is 2. The quantitative estimate of drug-likeness (QED) is 0.491. The summed E-state index contributed by atoms with van der Waals surface area (Å²) >= 11 is 6.58. The number of halogens is 1. The molecule has 0 saturated heterocycles. The second kappa shape index (κ2) is 8.87. The Bertz CT molecular complexity index is 1210. The molecule has 168 valence electrons. The molecule has 0 aliphatic carbocycles. The van der Waals surface area contributed by atoms with E-state index < -0.39 is 5.91 Å². The molecule has 1 aliphatic heterocycles. The molecule has 0 atom stereocenters. The second-order valence-electron chi connectivity index (χ2n) is 8.47. The molecule has 0 unspecified atom stereocenters. The van der Waals surface area contributed by atoms with E-state index in [1.54, 1.807) is 6.07 Å². The molecule has 0 fully saturated rings. The van der Waals surface area contributed by atoms with Crippen LogP contribution in [0.15, 0.2) is 30.3 Å². The van der Waals surface area contributed by atoms with E-state index in [1.165, 1.54) is 0 Å². The molecule has 0 bridgehead atoms. The molecular weight excluding hydrogens is 428 g/mol. The summed E-state index contributed by atoms with van der Waals surface area (Å²) < 4.78 is 13.1. The maximum atomic E-state index is 13.3. The third-order valence-corrected chi connectivity index (χ3v) is 6.09. The lowest BCUT2D eigenvalue weighted by Crippen LogP contribution is -2.13. The summed E-state index contributed by atoms with van der Waals surface area (Å²) in [4.78, 5) is 24.8. The van der Waals surface area contributed by atoms with Crippen molar-refractivity contribution in [2.45, 2.75) is 46.6 Å². The van der Waals surface area contributed by atoms with E-state index in [0.717, 1.165) is 46.1 Å². The van der Waals surface area contributed by atoms with Gasteiger partial charge in [-0.25, -0.2) is 0 Å². The molecule has 7 heteroatoms. The summed E-state index contributed by atoms with van der Waals surface area (Å²) in [5.74, 6) is 0.865. The van der Waals surface area contributed by atoms with Gasteiger partial charge in [-0.15, -0.1) is 0 Å². The number of ketones is 1. The predicted octanol–water partition coefficient (Wildman–Crippen LogP) is 4.89. The van der Waals surface area contributed by atoms with Crippen LogP contribution in [0.4, 0.5) is 0 Å². The molecule has 1 aromatic heterocycles. The van der Waals surface area contributed by atoms with Gasteiger partial charge in [0.05, 0.1) is 6.42 Å². The average Bonchev–Trinajstić information content (AvgIpc) is 3.30. The molecule has 1 aliphatic rings. The van der Waals surface area contributed by atoms with Gasteiger partial charge in [0.2, 0.25) is 12.7 Å². The van der Waals surface area contributed by atoms with Crippen molar-refractivity contribution >= 4 is 34.2 Å². The minimum Gasteiger partial charge on any atom is -0.454 e. The van der Waals surface area contributed by atoms with Gasteiger partial charge >= 0.3 is 0 Å². The van der Waals surface area contributed by atoms with E-state index in [2.05, 4.69) is 11.5 Å².